The topological polar surface area (TPSA) is 63.5 Å². The van der Waals surface area contributed by atoms with Gasteiger partial charge in [0.1, 0.15) is 0 Å². The first-order valence-corrected chi connectivity index (χ1v) is 9.25. The van der Waals surface area contributed by atoms with Crippen LogP contribution in [0.5, 0.6) is 11.5 Å². The maximum absolute atomic E-state index is 13.0. The van der Waals surface area contributed by atoms with Gasteiger partial charge in [0.2, 0.25) is 6.79 Å². The van der Waals surface area contributed by atoms with Crippen LogP contribution in [-0.4, -0.2) is 24.6 Å². The van der Waals surface area contributed by atoms with Gasteiger partial charge in [-0.2, -0.15) is 5.10 Å². The number of nitrogens with zero attached hydrogens (tertiary/aromatic N) is 3. The monoisotopic (exact) mass is 383 g/mol. The second-order valence-electron chi connectivity index (χ2n) is 6.70. The summed E-state index contributed by atoms with van der Waals surface area (Å²) in [6, 6.07) is 23.1. The van der Waals surface area contributed by atoms with Crippen molar-refractivity contribution in [1.82, 2.24) is 0 Å². The highest BCUT2D eigenvalue weighted by Crippen LogP contribution is 2.32. The van der Waals surface area contributed by atoms with Crippen molar-refractivity contribution in [2.24, 2.45) is 10.2 Å². The Balaban J connectivity index is 1.43. The van der Waals surface area contributed by atoms with Gasteiger partial charge in [-0.15, -0.1) is 5.10 Å². The first-order chi connectivity index (χ1) is 14.3. The molecule has 0 saturated carbocycles. The summed E-state index contributed by atoms with van der Waals surface area (Å²) in [5.41, 5.74) is 3.85. The first kappa shape index (κ1) is 17.2. The Morgan fingerprint density at radius 2 is 1.72 bits per heavy atom. The zero-order valence-electron chi connectivity index (χ0n) is 15.5. The van der Waals surface area contributed by atoms with Crippen LogP contribution in [0, 0.1) is 0 Å². The van der Waals surface area contributed by atoms with E-state index in [0.29, 0.717) is 23.8 Å². The van der Waals surface area contributed by atoms with E-state index in [4.69, 9.17) is 9.47 Å². The van der Waals surface area contributed by atoms with Crippen LogP contribution in [-0.2, 0) is 11.3 Å². The predicted molar refractivity (Wildman–Crippen MR) is 111 cm³/mol. The molecule has 0 radical (unpaired) electrons. The lowest BCUT2D eigenvalue weighted by Gasteiger charge is -2.16. The fraction of sp³-hybridized carbons (Fsp3) is 0.0870. The predicted octanol–water partition coefficient (Wildman–Crippen LogP) is 3.79. The molecule has 0 saturated heterocycles. The Kier molecular flexibility index (Phi) is 4.29. The SMILES string of the molecule is O=C1C(=NN=Cc2ccc3c(c2)OCO3)c2ccccc2N1Cc1ccccc1. The Hall–Kier alpha value is -3.93. The van der Waals surface area contributed by atoms with Gasteiger partial charge in [0, 0.05) is 5.56 Å². The minimum absolute atomic E-state index is 0.155. The molecular weight excluding hydrogens is 366 g/mol. The van der Waals surface area contributed by atoms with Crippen LogP contribution in [0.3, 0.4) is 0 Å². The molecule has 0 fully saturated rings. The Morgan fingerprint density at radius 1 is 0.931 bits per heavy atom. The minimum Gasteiger partial charge on any atom is -0.454 e. The molecule has 5 rings (SSSR count). The minimum atomic E-state index is -0.155. The molecule has 0 N–H and O–H groups in total. The highest BCUT2D eigenvalue weighted by molar-refractivity contribution is 6.54. The van der Waals surface area contributed by atoms with Crippen molar-refractivity contribution < 1.29 is 14.3 Å². The number of rotatable bonds is 4. The number of hydrogen-bond donors (Lipinski definition) is 0. The van der Waals surface area contributed by atoms with Crippen molar-refractivity contribution in [2.45, 2.75) is 6.54 Å². The van der Waals surface area contributed by atoms with Gasteiger partial charge in [-0.05, 0) is 35.4 Å². The molecule has 2 aliphatic rings. The van der Waals surface area contributed by atoms with E-state index in [9.17, 15) is 4.79 Å². The first-order valence-electron chi connectivity index (χ1n) is 9.25. The lowest BCUT2D eigenvalue weighted by atomic mass is 10.1. The van der Waals surface area contributed by atoms with Gasteiger partial charge in [0.15, 0.2) is 17.2 Å². The maximum Gasteiger partial charge on any atom is 0.279 e. The lowest BCUT2D eigenvalue weighted by Crippen LogP contribution is -2.29. The zero-order valence-corrected chi connectivity index (χ0v) is 15.5. The van der Waals surface area contributed by atoms with Gasteiger partial charge in [0.05, 0.1) is 18.4 Å². The largest absolute Gasteiger partial charge is 0.454 e. The summed E-state index contributed by atoms with van der Waals surface area (Å²) >= 11 is 0. The van der Waals surface area contributed by atoms with Gasteiger partial charge in [-0.1, -0.05) is 48.5 Å². The van der Waals surface area contributed by atoms with E-state index >= 15 is 0 Å². The number of ether oxygens (including phenoxy) is 2. The molecule has 0 spiro atoms. The Bertz CT molecular complexity index is 1140. The third-order valence-corrected chi connectivity index (χ3v) is 4.84. The third-order valence-electron chi connectivity index (χ3n) is 4.84. The number of fused-ring (bicyclic) bond motifs is 2. The number of para-hydroxylation sites is 1. The quantitative estimate of drug-likeness (QED) is 0.509. The van der Waals surface area contributed by atoms with Crippen molar-refractivity contribution in [1.29, 1.82) is 0 Å². The van der Waals surface area contributed by atoms with Crippen molar-refractivity contribution >= 4 is 23.5 Å². The number of amides is 1. The molecule has 29 heavy (non-hydrogen) atoms. The summed E-state index contributed by atoms with van der Waals surface area (Å²) in [7, 11) is 0. The van der Waals surface area contributed by atoms with Crippen LogP contribution in [0.4, 0.5) is 5.69 Å². The maximum atomic E-state index is 13.0. The average molecular weight is 383 g/mol. The van der Waals surface area contributed by atoms with Crippen LogP contribution in [0.2, 0.25) is 0 Å². The Labute approximate surface area is 167 Å². The number of anilines is 1. The van der Waals surface area contributed by atoms with Crippen molar-refractivity contribution in [3.05, 3.63) is 89.5 Å². The van der Waals surface area contributed by atoms with Crippen LogP contribution in [0.15, 0.2) is 83.0 Å². The Morgan fingerprint density at radius 3 is 2.62 bits per heavy atom. The van der Waals surface area contributed by atoms with E-state index in [-0.39, 0.29) is 12.7 Å². The summed E-state index contributed by atoms with van der Waals surface area (Å²) in [4.78, 5) is 14.8. The van der Waals surface area contributed by atoms with Crippen LogP contribution in [0.1, 0.15) is 16.7 Å². The molecule has 1 amide bonds. The highest BCUT2D eigenvalue weighted by atomic mass is 16.7. The highest BCUT2D eigenvalue weighted by Gasteiger charge is 2.33. The van der Waals surface area contributed by atoms with Gasteiger partial charge in [-0.25, -0.2) is 0 Å². The van der Waals surface area contributed by atoms with E-state index < -0.39 is 0 Å². The number of benzene rings is 3. The number of carbonyl (C=O) groups is 1. The second kappa shape index (κ2) is 7.24. The summed E-state index contributed by atoms with van der Waals surface area (Å²) in [5.74, 6) is 1.24. The number of hydrogen-bond acceptors (Lipinski definition) is 5. The molecule has 0 aromatic heterocycles. The van der Waals surface area contributed by atoms with Crippen molar-refractivity contribution in [3.8, 4) is 11.5 Å². The van der Waals surface area contributed by atoms with E-state index in [2.05, 4.69) is 10.2 Å². The van der Waals surface area contributed by atoms with Gasteiger partial charge in [-0.3, -0.25) is 4.79 Å². The van der Waals surface area contributed by atoms with Crippen LogP contribution < -0.4 is 14.4 Å². The molecule has 2 heterocycles. The molecule has 6 nitrogen and oxygen atoms in total. The number of carbonyl (C=O) groups excluding carboxylic acids is 1. The molecule has 142 valence electrons. The molecule has 3 aromatic carbocycles. The average Bonchev–Trinajstić information content (AvgIpc) is 3.33. The van der Waals surface area contributed by atoms with Crippen molar-refractivity contribution in [3.63, 3.8) is 0 Å². The smallest absolute Gasteiger partial charge is 0.279 e. The molecule has 0 atom stereocenters. The van der Waals surface area contributed by atoms with Crippen molar-refractivity contribution in [2.75, 3.05) is 11.7 Å². The van der Waals surface area contributed by atoms with E-state index in [1.807, 2.05) is 72.8 Å². The molecule has 2 aliphatic heterocycles. The molecule has 0 bridgehead atoms. The van der Waals surface area contributed by atoms with Crippen LogP contribution >= 0.6 is 0 Å². The standard InChI is InChI=1S/C23H17N3O3/c27-23-22(25-24-13-17-10-11-20-21(12-17)29-15-28-20)18-8-4-5-9-19(18)26(23)14-16-6-2-1-3-7-16/h1-13H,14-15H2. The summed E-state index contributed by atoms with van der Waals surface area (Å²) in [6.45, 7) is 0.711. The van der Waals surface area contributed by atoms with E-state index in [1.54, 1.807) is 11.1 Å². The molecule has 3 aromatic rings. The summed E-state index contributed by atoms with van der Waals surface area (Å²) in [5, 5.41) is 8.41. The zero-order chi connectivity index (χ0) is 19.6. The van der Waals surface area contributed by atoms with E-state index in [0.717, 1.165) is 22.4 Å². The van der Waals surface area contributed by atoms with Crippen LogP contribution in [0.25, 0.3) is 0 Å². The lowest BCUT2D eigenvalue weighted by molar-refractivity contribution is -0.112. The van der Waals surface area contributed by atoms with Gasteiger partial charge < -0.3 is 14.4 Å². The summed E-state index contributed by atoms with van der Waals surface area (Å²) in [6.07, 6.45) is 1.60. The van der Waals surface area contributed by atoms with E-state index in [1.165, 1.54) is 0 Å². The van der Waals surface area contributed by atoms with Gasteiger partial charge in [0.25, 0.3) is 5.91 Å². The summed E-state index contributed by atoms with van der Waals surface area (Å²) < 4.78 is 10.7. The third kappa shape index (κ3) is 3.25. The molecular formula is C23H17N3O3. The fourth-order valence-electron chi connectivity index (χ4n) is 3.43. The molecule has 6 heteroatoms. The molecule has 0 aliphatic carbocycles. The molecule has 0 unspecified atom stereocenters. The second-order valence-corrected chi connectivity index (χ2v) is 6.70. The van der Waals surface area contributed by atoms with Gasteiger partial charge >= 0.3 is 0 Å². The normalized spacial score (nSPS) is 16.1. The fourth-order valence-corrected chi connectivity index (χ4v) is 3.43.